The molecule has 8 heteroatoms. The van der Waals surface area contributed by atoms with Crippen molar-refractivity contribution in [2.24, 2.45) is 5.14 Å². The molecule has 0 unspecified atom stereocenters. The Labute approximate surface area is 117 Å². The molecule has 0 spiro atoms. The normalized spacial score (nSPS) is 11.5. The molecule has 1 heterocycles. The summed E-state index contributed by atoms with van der Waals surface area (Å²) in [7, 11) is -3.91. The minimum absolute atomic E-state index is 0.123. The first kappa shape index (κ1) is 14.4. The molecule has 0 atom stereocenters. The molecule has 2 rings (SSSR count). The first-order valence-corrected chi connectivity index (χ1v) is 7.57. The van der Waals surface area contributed by atoms with Crippen LogP contribution < -0.4 is 15.6 Å². The molecule has 7 nitrogen and oxygen atoms in total. The number of hydrogen-bond acceptors (Lipinski definition) is 5. The zero-order chi connectivity index (χ0) is 14.8. The van der Waals surface area contributed by atoms with Gasteiger partial charge in [-0.25, -0.2) is 13.6 Å². The lowest BCUT2D eigenvalue weighted by molar-refractivity contribution is 0.466. The summed E-state index contributed by atoms with van der Waals surface area (Å²) in [5.74, 6) is 0.561. The second-order valence-corrected chi connectivity index (χ2v) is 5.82. The number of nitrogen functional groups attached to an aromatic ring is 1. The molecule has 0 fully saturated rings. The van der Waals surface area contributed by atoms with Crippen molar-refractivity contribution < 1.29 is 13.2 Å². The summed E-state index contributed by atoms with van der Waals surface area (Å²) in [6, 6.07) is 4.27. The number of rotatable bonds is 5. The van der Waals surface area contributed by atoms with Gasteiger partial charge in [0.15, 0.2) is 5.75 Å². The highest BCUT2D eigenvalue weighted by molar-refractivity contribution is 7.89. The molecule has 1 aromatic heterocycles. The van der Waals surface area contributed by atoms with Crippen LogP contribution in [0.15, 0.2) is 35.5 Å². The first-order chi connectivity index (χ1) is 9.40. The lowest BCUT2D eigenvalue weighted by atomic mass is 10.3. The van der Waals surface area contributed by atoms with Crippen molar-refractivity contribution in [2.75, 3.05) is 5.73 Å². The van der Waals surface area contributed by atoms with Crippen LogP contribution in [0.4, 0.5) is 5.69 Å². The fourth-order valence-corrected chi connectivity index (χ4v) is 2.40. The summed E-state index contributed by atoms with van der Waals surface area (Å²) in [4.78, 5) is -0.152. The summed E-state index contributed by atoms with van der Waals surface area (Å²) in [5.41, 5.74) is 5.86. The number of primary sulfonamides is 1. The number of nitrogens with two attached hydrogens (primary N) is 2. The highest BCUT2D eigenvalue weighted by atomic mass is 32.2. The van der Waals surface area contributed by atoms with Crippen LogP contribution >= 0.6 is 0 Å². The van der Waals surface area contributed by atoms with Gasteiger partial charge in [-0.1, -0.05) is 6.92 Å². The number of ether oxygens (including phenoxy) is 1. The molecule has 0 saturated carbocycles. The molecular formula is C12H16N4O3S. The third-order valence-corrected chi connectivity index (χ3v) is 3.50. The molecule has 0 bridgehead atoms. The van der Waals surface area contributed by atoms with Gasteiger partial charge in [-0.15, -0.1) is 0 Å². The van der Waals surface area contributed by atoms with Gasteiger partial charge >= 0.3 is 0 Å². The Morgan fingerprint density at radius 1 is 1.40 bits per heavy atom. The van der Waals surface area contributed by atoms with E-state index in [9.17, 15) is 8.42 Å². The molecule has 1 aromatic carbocycles. The zero-order valence-electron chi connectivity index (χ0n) is 11.0. The van der Waals surface area contributed by atoms with Crippen molar-refractivity contribution in [3.05, 3.63) is 30.6 Å². The number of sulfonamides is 1. The van der Waals surface area contributed by atoms with Crippen LogP contribution in [-0.4, -0.2) is 18.2 Å². The van der Waals surface area contributed by atoms with Crippen LogP contribution in [0.1, 0.15) is 13.3 Å². The summed E-state index contributed by atoms with van der Waals surface area (Å²) in [5, 5.41) is 9.25. The van der Waals surface area contributed by atoms with Crippen molar-refractivity contribution in [3.63, 3.8) is 0 Å². The van der Waals surface area contributed by atoms with Crippen LogP contribution in [0.2, 0.25) is 0 Å². The average molecular weight is 296 g/mol. The quantitative estimate of drug-likeness (QED) is 0.808. The van der Waals surface area contributed by atoms with E-state index in [1.54, 1.807) is 16.9 Å². The fourth-order valence-electron chi connectivity index (χ4n) is 1.71. The largest absolute Gasteiger partial charge is 0.453 e. The Hall–Kier alpha value is -2.06. The second-order valence-electron chi connectivity index (χ2n) is 4.29. The standard InChI is InChI=1S/C12H16N4O3S/c1-2-5-16-8-10(7-15-16)19-11-4-3-9(13)6-12(11)20(14,17)18/h3-4,6-8H,2,5,13H2,1H3,(H2,14,17,18). The van der Waals surface area contributed by atoms with Gasteiger partial charge in [-0.2, -0.15) is 5.10 Å². The van der Waals surface area contributed by atoms with Gasteiger partial charge in [0.2, 0.25) is 10.0 Å². The number of nitrogens with zero attached hydrogens (tertiary/aromatic N) is 2. The number of aromatic nitrogens is 2. The maximum atomic E-state index is 11.5. The van der Waals surface area contributed by atoms with Crippen molar-refractivity contribution in [1.82, 2.24) is 9.78 Å². The Balaban J connectivity index is 2.33. The number of aryl methyl sites for hydroxylation is 1. The fraction of sp³-hybridized carbons (Fsp3) is 0.250. The number of hydrogen-bond donors (Lipinski definition) is 2. The Kier molecular flexibility index (Phi) is 3.96. The summed E-state index contributed by atoms with van der Waals surface area (Å²) >= 11 is 0. The van der Waals surface area contributed by atoms with Gasteiger partial charge in [0.05, 0.1) is 12.4 Å². The summed E-state index contributed by atoms with van der Waals surface area (Å²) in [6.45, 7) is 2.79. The van der Waals surface area contributed by atoms with Crippen LogP contribution in [0, 0.1) is 0 Å². The molecule has 20 heavy (non-hydrogen) atoms. The molecule has 2 aromatic rings. The van der Waals surface area contributed by atoms with Crippen LogP contribution in [0.3, 0.4) is 0 Å². The Morgan fingerprint density at radius 2 is 2.15 bits per heavy atom. The van der Waals surface area contributed by atoms with Gasteiger partial charge in [0.25, 0.3) is 0 Å². The topological polar surface area (TPSA) is 113 Å². The van der Waals surface area contributed by atoms with E-state index in [1.807, 2.05) is 6.92 Å². The molecule has 0 amide bonds. The van der Waals surface area contributed by atoms with Gasteiger partial charge in [-0.3, -0.25) is 4.68 Å². The lowest BCUT2D eigenvalue weighted by Gasteiger charge is -2.08. The van der Waals surface area contributed by atoms with E-state index in [0.717, 1.165) is 13.0 Å². The minimum Gasteiger partial charge on any atom is -0.453 e. The van der Waals surface area contributed by atoms with Gasteiger partial charge in [0, 0.05) is 12.2 Å². The van der Waals surface area contributed by atoms with Gasteiger partial charge in [-0.05, 0) is 24.6 Å². The summed E-state index contributed by atoms with van der Waals surface area (Å²) < 4.78 is 30.3. The lowest BCUT2D eigenvalue weighted by Crippen LogP contribution is -2.13. The van der Waals surface area contributed by atoms with Crippen molar-refractivity contribution in [1.29, 1.82) is 0 Å². The Bertz CT molecular complexity index is 709. The Morgan fingerprint density at radius 3 is 2.80 bits per heavy atom. The molecule has 0 radical (unpaired) electrons. The van der Waals surface area contributed by atoms with Crippen LogP contribution in [0.25, 0.3) is 0 Å². The zero-order valence-corrected chi connectivity index (χ0v) is 11.8. The number of benzene rings is 1. The molecule has 0 saturated heterocycles. The second kappa shape index (κ2) is 5.51. The highest BCUT2D eigenvalue weighted by Crippen LogP contribution is 2.29. The van der Waals surface area contributed by atoms with Crippen LogP contribution in [-0.2, 0) is 16.6 Å². The molecule has 4 N–H and O–H groups in total. The molecule has 0 aliphatic rings. The predicted molar refractivity (Wildman–Crippen MR) is 74.8 cm³/mol. The highest BCUT2D eigenvalue weighted by Gasteiger charge is 2.16. The van der Waals surface area contributed by atoms with Crippen molar-refractivity contribution in [2.45, 2.75) is 24.8 Å². The van der Waals surface area contributed by atoms with E-state index >= 15 is 0 Å². The monoisotopic (exact) mass is 296 g/mol. The van der Waals surface area contributed by atoms with Crippen molar-refractivity contribution in [3.8, 4) is 11.5 Å². The van der Waals surface area contributed by atoms with E-state index in [1.165, 1.54) is 18.3 Å². The van der Waals surface area contributed by atoms with Crippen LogP contribution in [0.5, 0.6) is 11.5 Å². The van der Waals surface area contributed by atoms with Gasteiger partial charge < -0.3 is 10.5 Å². The molecule has 0 aliphatic carbocycles. The number of anilines is 1. The smallest absolute Gasteiger partial charge is 0.241 e. The maximum absolute atomic E-state index is 11.5. The third kappa shape index (κ3) is 3.28. The average Bonchev–Trinajstić information content (AvgIpc) is 2.78. The predicted octanol–water partition coefficient (Wildman–Crippen LogP) is 1.32. The molecular weight excluding hydrogens is 280 g/mol. The van der Waals surface area contributed by atoms with E-state index in [4.69, 9.17) is 15.6 Å². The first-order valence-electron chi connectivity index (χ1n) is 6.03. The van der Waals surface area contributed by atoms with E-state index < -0.39 is 10.0 Å². The SMILES string of the molecule is CCCn1cc(Oc2ccc(N)cc2S(N)(=O)=O)cn1. The van der Waals surface area contributed by atoms with Gasteiger partial charge in [0.1, 0.15) is 10.6 Å². The maximum Gasteiger partial charge on any atom is 0.241 e. The van der Waals surface area contributed by atoms with Crippen molar-refractivity contribution >= 4 is 15.7 Å². The third-order valence-electron chi connectivity index (χ3n) is 2.56. The molecule has 108 valence electrons. The minimum atomic E-state index is -3.91. The van der Waals surface area contributed by atoms with E-state index in [0.29, 0.717) is 11.4 Å². The summed E-state index contributed by atoms with van der Waals surface area (Å²) in [6.07, 6.45) is 4.14. The van der Waals surface area contributed by atoms with E-state index in [-0.39, 0.29) is 10.6 Å². The molecule has 0 aliphatic heterocycles. The van der Waals surface area contributed by atoms with E-state index in [2.05, 4.69) is 5.10 Å².